The van der Waals surface area contributed by atoms with Crippen molar-refractivity contribution in [2.24, 2.45) is 0 Å². The van der Waals surface area contributed by atoms with Crippen molar-refractivity contribution in [1.82, 2.24) is 20.2 Å². The van der Waals surface area contributed by atoms with Gasteiger partial charge in [0.2, 0.25) is 0 Å². The fraction of sp³-hybridized carbons (Fsp3) is 0.125. The van der Waals surface area contributed by atoms with Crippen molar-refractivity contribution in [2.75, 3.05) is 12.4 Å². The number of tetrazole rings is 1. The zero-order valence-corrected chi connectivity index (χ0v) is 14.8. The number of hydrogen-bond donors (Lipinski definition) is 1. The minimum Gasteiger partial charge on any atom is -0.495 e. The van der Waals surface area contributed by atoms with E-state index in [-0.39, 0.29) is 11.5 Å². The molecule has 0 bridgehead atoms. The van der Waals surface area contributed by atoms with Gasteiger partial charge in [-0.05, 0) is 47.7 Å². The molecule has 2 aromatic carbocycles. The predicted molar refractivity (Wildman–Crippen MR) is 91.8 cm³/mol. The number of alkyl halides is 3. The molecule has 1 amide bonds. The number of amides is 1. The van der Waals surface area contributed by atoms with Gasteiger partial charge in [0.1, 0.15) is 11.5 Å². The third kappa shape index (κ3) is 4.68. The zero-order chi connectivity index (χ0) is 20.3. The first kappa shape index (κ1) is 19.4. The van der Waals surface area contributed by atoms with E-state index in [1.54, 1.807) is 12.1 Å². The molecule has 12 heteroatoms. The van der Waals surface area contributed by atoms with Crippen LogP contribution in [0, 0.1) is 0 Å². The summed E-state index contributed by atoms with van der Waals surface area (Å²) < 4.78 is 45.3. The standard InChI is InChI=1S/C16H11ClF3N5O3/c1-27-13-7-2-9(8-12(13)17)21-15(26)14-22-24-25(23-14)10-3-5-11(6-4-10)28-16(18,19)20/h2-8H,1H3,(H,21,26). The second-order valence-corrected chi connectivity index (χ2v) is 5.65. The number of carbonyl (C=O) groups is 1. The van der Waals surface area contributed by atoms with Crippen LogP contribution in [-0.2, 0) is 0 Å². The number of hydrogen-bond acceptors (Lipinski definition) is 6. The van der Waals surface area contributed by atoms with Crippen LogP contribution in [0.1, 0.15) is 10.6 Å². The number of benzene rings is 2. The molecular weight excluding hydrogens is 403 g/mol. The first-order valence-electron chi connectivity index (χ1n) is 7.56. The molecular formula is C16H11ClF3N5O3. The van der Waals surface area contributed by atoms with Gasteiger partial charge in [0.05, 0.1) is 17.8 Å². The topological polar surface area (TPSA) is 91.2 Å². The van der Waals surface area contributed by atoms with Gasteiger partial charge in [-0.2, -0.15) is 0 Å². The summed E-state index contributed by atoms with van der Waals surface area (Å²) in [4.78, 5) is 13.2. The molecule has 0 unspecified atom stereocenters. The number of nitrogens with one attached hydrogen (secondary N) is 1. The molecule has 0 aliphatic heterocycles. The van der Waals surface area contributed by atoms with Crippen LogP contribution in [0.5, 0.6) is 11.5 Å². The number of anilines is 1. The van der Waals surface area contributed by atoms with E-state index in [9.17, 15) is 18.0 Å². The van der Waals surface area contributed by atoms with Crippen LogP contribution in [-0.4, -0.2) is 39.6 Å². The van der Waals surface area contributed by atoms with Crippen molar-refractivity contribution in [3.05, 3.63) is 53.3 Å². The Balaban J connectivity index is 1.71. The van der Waals surface area contributed by atoms with Crippen LogP contribution < -0.4 is 14.8 Å². The van der Waals surface area contributed by atoms with Gasteiger partial charge >= 0.3 is 6.36 Å². The highest BCUT2D eigenvalue weighted by atomic mass is 35.5. The zero-order valence-electron chi connectivity index (χ0n) is 14.1. The SMILES string of the molecule is COc1ccc(NC(=O)c2nnn(-c3ccc(OC(F)(F)F)cc3)n2)cc1Cl. The molecule has 28 heavy (non-hydrogen) atoms. The maximum atomic E-state index is 12.2. The van der Waals surface area contributed by atoms with Gasteiger partial charge in [-0.3, -0.25) is 4.79 Å². The van der Waals surface area contributed by atoms with E-state index < -0.39 is 18.0 Å². The van der Waals surface area contributed by atoms with E-state index in [1.165, 1.54) is 25.3 Å². The Hall–Kier alpha value is -3.34. The molecule has 1 heterocycles. The van der Waals surface area contributed by atoms with Crippen LogP contribution >= 0.6 is 11.6 Å². The van der Waals surface area contributed by atoms with Crippen molar-refractivity contribution >= 4 is 23.2 Å². The number of carbonyl (C=O) groups excluding carboxylic acids is 1. The van der Waals surface area contributed by atoms with Gasteiger partial charge in [-0.1, -0.05) is 11.6 Å². The molecule has 0 aliphatic carbocycles. The molecule has 1 aromatic heterocycles. The molecule has 0 saturated heterocycles. The number of nitrogens with zero attached hydrogens (tertiary/aromatic N) is 4. The third-order valence-electron chi connectivity index (χ3n) is 3.33. The molecule has 3 rings (SSSR count). The van der Waals surface area contributed by atoms with E-state index in [0.717, 1.165) is 16.9 Å². The molecule has 8 nitrogen and oxygen atoms in total. The smallest absolute Gasteiger partial charge is 0.495 e. The van der Waals surface area contributed by atoms with Crippen molar-refractivity contribution in [2.45, 2.75) is 6.36 Å². The Morgan fingerprint density at radius 2 is 1.89 bits per heavy atom. The first-order valence-corrected chi connectivity index (χ1v) is 7.94. The number of methoxy groups -OCH3 is 1. The normalized spacial score (nSPS) is 11.2. The van der Waals surface area contributed by atoms with Crippen LogP contribution in [0.4, 0.5) is 18.9 Å². The summed E-state index contributed by atoms with van der Waals surface area (Å²) in [5, 5.41) is 14.1. The molecule has 146 valence electrons. The van der Waals surface area contributed by atoms with Gasteiger partial charge < -0.3 is 14.8 Å². The van der Waals surface area contributed by atoms with Crippen molar-refractivity contribution < 1.29 is 27.4 Å². The number of halogens is 4. The molecule has 0 spiro atoms. The van der Waals surface area contributed by atoms with Gasteiger partial charge in [0, 0.05) is 5.69 Å². The second kappa shape index (κ2) is 7.72. The number of ether oxygens (including phenoxy) is 2. The lowest BCUT2D eigenvalue weighted by atomic mass is 10.3. The predicted octanol–water partition coefficient (Wildman–Crippen LogP) is 3.48. The molecule has 0 atom stereocenters. The minimum atomic E-state index is -4.79. The quantitative estimate of drug-likeness (QED) is 0.688. The third-order valence-corrected chi connectivity index (χ3v) is 3.62. The average molecular weight is 414 g/mol. The highest BCUT2D eigenvalue weighted by Crippen LogP contribution is 2.27. The van der Waals surface area contributed by atoms with Crippen molar-refractivity contribution in [1.29, 1.82) is 0 Å². The van der Waals surface area contributed by atoms with Gasteiger partial charge in [-0.25, -0.2) is 0 Å². The van der Waals surface area contributed by atoms with E-state index >= 15 is 0 Å². The highest BCUT2D eigenvalue weighted by molar-refractivity contribution is 6.32. The Morgan fingerprint density at radius 1 is 1.18 bits per heavy atom. The number of aromatic nitrogens is 4. The van der Waals surface area contributed by atoms with Crippen LogP contribution in [0.15, 0.2) is 42.5 Å². The average Bonchev–Trinajstić information content (AvgIpc) is 3.11. The van der Waals surface area contributed by atoms with Crippen molar-refractivity contribution in [3.8, 4) is 17.2 Å². The van der Waals surface area contributed by atoms with E-state index in [0.29, 0.717) is 16.5 Å². The van der Waals surface area contributed by atoms with Gasteiger partial charge in [0.25, 0.3) is 11.7 Å². The fourth-order valence-corrected chi connectivity index (χ4v) is 2.38. The van der Waals surface area contributed by atoms with Crippen LogP contribution in [0.25, 0.3) is 5.69 Å². The maximum absolute atomic E-state index is 12.2. The lowest BCUT2D eigenvalue weighted by Gasteiger charge is -2.08. The minimum absolute atomic E-state index is 0.248. The second-order valence-electron chi connectivity index (χ2n) is 5.25. The lowest BCUT2D eigenvalue weighted by molar-refractivity contribution is -0.274. The monoisotopic (exact) mass is 413 g/mol. The Labute approximate surface area is 160 Å². The van der Waals surface area contributed by atoms with E-state index in [1.807, 2.05) is 0 Å². The van der Waals surface area contributed by atoms with Gasteiger partial charge in [-0.15, -0.1) is 28.2 Å². The summed E-state index contributed by atoms with van der Waals surface area (Å²) in [5.74, 6) is -0.848. The van der Waals surface area contributed by atoms with Gasteiger partial charge in [0.15, 0.2) is 0 Å². The van der Waals surface area contributed by atoms with Crippen LogP contribution in [0.2, 0.25) is 5.02 Å². The summed E-state index contributed by atoms with van der Waals surface area (Å²) in [6.07, 6.45) is -4.79. The highest BCUT2D eigenvalue weighted by Gasteiger charge is 2.31. The molecule has 3 aromatic rings. The molecule has 0 saturated carbocycles. The summed E-state index contributed by atoms with van der Waals surface area (Å²) in [7, 11) is 1.46. The molecule has 0 fully saturated rings. The molecule has 1 N–H and O–H groups in total. The summed E-state index contributed by atoms with van der Waals surface area (Å²) in [6.45, 7) is 0. The Morgan fingerprint density at radius 3 is 2.50 bits per heavy atom. The lowest BCUT2D eigenvalue weighted by Crippen LogP contribution is -2.17. The largest absolute Gasteiger partial charge is 0.573 e. The summed E-state index contributed by atoms with van der Waals surface area (Å²) >= 11 is 5.99. The van der Waals surface area contributed by atoms with Crippen LogP contribution in [0.3, 0.4) is 0 Å². The van der Waals surface area contributed by atoms with Crippen molar-refractivity contribution in [3.63, 3.8) is 0 Å². The maximum Gasteiger partial charge on any atom is 0.573 e. The first-order chi connectivity index (χ1) is 13.2. The Bertz CT molecular complexity index is 992. The van der Waals surface area contributed by atoms with E-state index in [2.05, 4.69) is 25.5 Å². The molecule has 0 radical (unpaired) electrons. The summed E-state index contributed by atoms with van der Waals surface area (Å²) in [5.41, 5.74) is 0.675. The number of rotatable bonds is 5. The summed E-state index contributed by atoms with van der Waals surface area (Å²) in [6, 6.07) is 9.39. The molecule has 0 aliphatic rings. The van der Waals surface area contributed by atoms with E-state index in [4.69, 9.17) is 16.3 Å². The fourth-order valence-electron chi connectivity index (χ4n) is 2.13. The Kier molecular flexibility index (Phi) is 5.36.